The highest BCUT2D eigenvalue weighted by Crippen LogP contribution is 2.32. The molecule has 0 aliphatic carbocycles. The fraction of sp³-hybridized carbons (Fsp3) is 0.355. The van der Waals surface area contributed by atoms with Gasteiger partial charge in [0.05, 0.1) is 17.2 Å². The fourth-order valence-corrected chi connectivity index (χ4v) is 5.88. The SMILES string of the molecule is CCCNC(=O)[C@H](CC)N(CCc1ccccc1)C(=O)CN(c1ccccc1OCC)S(=O)(=O)c1ccccc1. The van der Waals surface area contributed by atoms with Crippen LogP contribution in [0, 0.1) is 0 Å². The highest BCUT2D eigenvalue weighted by molar-refractivity contribution is 7.92. The molecule has 0 bridgehead atoms. The lowest BCUT2D eigenvalue weighted by Gasteiger charge is -2.33. The van der Waals surface area contributed by atoms with E-state index in [0.717, 1.165) is 16.3 Å². The molecule has 9 heteroatoms. The second kappa shape index (κ2) is 15.1. The summed E-state index contributed by atoms with van der Waals surface area (Å²) in [5.74, 6) is -0.376. The molecule has 3 aromatic rings. The van der Waals surface area contributed by atoms with Crippen molar-refractivity contribution >= 4 is 27.5 Å². The Morgan fingerprint density at radius 3 is 2.12 bits per heavy atom. The Morgan fingerprint density at radius 2 is 1.50 bits per heavy atom. The van der Waals surface area contributed by atoms with Crippen molar-refractivity contribution in [2.45, 2.75) is 51.0 Å². The third-order valence-corrected chi connectivity index (χ3v) is 8.24. The van der Waals surface area contributed by atoms with Crippen LogP contribution in [0.2, 0.25) is 0 Å². The first-order valence-electron chi connectivity index (χ1n) is 13.7. The molecule has 2 amide bonds. The van der Waals surface area contributed by atoms with Gasteiger partial charge < -0.3 is 15.0 Å². The zero-order valence-electron chi connectivity index (χ0n) is 23.5. The standard InChI is InChI=1S/C31H39N3O5S/c1-4-22-32-31(36)27(5-2)33(23-21-25-15-9-7-10-16-25)30(35)24-34(28-19-13-14-20-29(28)39-6-3)40(37,38)26-17-11-8-12-18-26/h7-20,27H,4-6,21-24H2,1-3H3,(H,32,36)/t27-/m0/s1. The molecule has 3 aromatic carbocycles. The maximum atomic E-state index is 14.1. The Balaban J connectivity index is 2.03. The van der Waals surface area contributed by atoms with Crippen LogP contribution in [0.15, 0.2) is 89.8 Å². The van der Waals surface area contributed by atoms with E-state index >= 15 is 0 Å². The van der Waals surface area contributed by atoms with Crippen LogP contribution < -0.4 is 14.4 Å². The van der Waals surface area contributed by atoms with Gasteiger partial charge in [-0.05, 0) is 56.0 Å². The van der Waals surface area contributed by atoms with E-state index in [1.807, 2.05) is 51.1 Å². The summed E-state index contributed by atoms with van der Waals surface area (Å²) < 4.78 is 34.8. The molecular formula is C31H39N3O5S. The number of benzene rings is 3. The molecule has 214 valence electrons. The highest BCUT2D eigenvalue weighted by Gasteiger charge is 2.34. The summed E-state index contributed by atoms with van der Waals surface area (Å²) in [5, 5.41) is 2.90. The molecule has 0 radical (unpaired) electrons. The van der Waals surface area contributed by atoms with Crippen LogP contribution in [0.3, 0.4) is 0 Å². The van der Waals surface area contributed by atoms with Crippen LogP contribution in [-0.4, -0.2) is 57.4 Å². The maximum absolute atomic E-state index is 14.1. The first kappa shape index (κ1) is 30.7. The van der Waals surface area contributed by atoms with Crippen LogP contribution in [0.5, 0.6) is 5.75 Å². The summed E-state index contributed by atoms with van der Waals surface area (Å²) in [5.41, 5.74) is 1.27. The van der Waals surface area contributed by atoms with Gasteiger partial charge in [0.1, 0.15) is 18.3 Å². The number of sulfonamides is 1. The number of nitrogens with one attached hydrogen (secondary N) is 1. The molecule has 0 spiro atoms. The lowest BCUT2D eigenvalue weighted by atomic mass is 10.1. The predicted octanol–water partition coefficient (Wildman–Crippen LogP) is 4.66. The van der Waals surface area contributed by atoms with Crippen molar-refractivity contribution in [2.75, 3.05) is 30.5 Å². The summed E-state index contributed by atoms with van der Waals surface area (Å²) in [6.07, 6.45) is 1.67. The van der Waals surface area contributed by atoms with Crippen molar-refractivity contribution in [3.63, 3.8) is 0 Å². The van der Waals surface area contributed by atoms with Crippen LogP contribution >= 0.6 is 0 Å². The molecule has 0 unspecified atom stereocenters. The largest absolute Gasteiger partial charge is 0.492 e. The summed E-state index contributed by atoms with van der Waals surface area (Å²) in [4.78, 5) is 28.8. The molecule has 1 atom stereocenters. The van der Waals surface area contributed by atoms with Crippen molar-refractivity contribution in [2.24, 2.45) is 0 Å². The average molecular weight is 566 g/mol. The number of carbonyl (C=O) groups is 2. The average Bonchev–Trinajstić information content (AvgIpc) is 2.98. The summed E-state index contributed by atoms with van der Waals surface area (Å²) in [6, 6.07) is 23.7. The van der Waals surface area contributed by atoms with Gasteiger partial charge in [-0.1, -0.05) is 74.5 Å². The first-order chi connectivity index (χ1) is 19.3. The molecular weight excluding hydrogens is 526 g/mol. The number of hydrogen-bond donors (Lipinski definition) is 1. The molecule has 0 aliphatic rings. The molecule has 1 N–H and O–H groups in total. The molecule has 0 aliphatic heterocycles. The monoisotopic (exact) mass is 565 g/mol. The molecule has 40 heavy (non-hydrogen) atoms. The third-order valence-electron chi connectivity index (χ3n) is 6.46. The van der Waals surface area contributed by atoms with Crippen LogP contribution in [0.4, 0.5) is 5.69 Å². The van der Waals surface area contributed by atoms with E-state index in [0.29, 0.717) is 31.7 Å². The normalized spacial score (nSPS) is 11.9. The molecule has 0 heterocycles. The van der Waals surface area contributed by atoms with Gasteiger partial charge in [0, 0.05) is 13.1 Å². The highest BCUT2D eigenvalue weighted by atomic mass is 32.2. The molecule has 0 saturated carbocycles. The second-order valence-corrected chi connectivity index (χ2v) is 11.1. The number of hydrogen-bond acceptors (Lipinski definition) is 5. The Morgan fingerprint density at radius 1 is 0.875 bits per heavy atom. The van der Waals surface area contributed by atoms with Gasteiger partial charge in [-0.15, -0.1) is 0 Å². The van der Waals surface area contributed by atoms with Crippen LogP contribution in [-0.2, 0) is 26.0 Å². The molecule has 0 fully saturated rings. The van der Waals surface area contributed by atoms with E-state index in [1.54, 1.807) is 42.5 Å². The first-order valence-corrected chi connectivity index (χ1v) is 15.2. The topological polar surface area (TPSA) is 96.0 Å². The van der Waals surface area contributed by atoms with E-state index in [2.05, 4.69) is 5.32 Å². The van der Waals surface area contributed by atoms with Crippen LogP contribution in [0.1, 0.15) is 39.2 Å². The van der Waals surface area contributed by atoms with Gasteiger partial charge in [-0.25, -0.2) is 8.42 Å². The fourth-order valence-electron chi connectivity index (χ4n) is 4.44. The zero-order chi connectivity index (χ0) is 29.0. The Kier molecular flexibility index (Phi) is 11.6. The predicted molar refractivity (Wildman–Crippen MR) is 158 cm³/mol. The number of ether oxygens (including phenoxy) is 1. The van der Waals surface area contributed by atoms with E-state index < -0.39 is 28.5 Å². The summed E-state index contributed by atoms with van der Waals surface area (Å²) in [7, 11) is -4.15. The number of amides is 2. The molecule has 8 nitrogen and oxygen atoms in total. The second-order valence-electron chi connectivity index (χ2n) is 9.26. The quantitative estimate of drug-likeness (QED) is 0.289. The van der Waals surface area contributed by atoms with Crippen molar-refractivity contribution in [1.82, 2.24) is 10.2 Å². The Hall–Kier alpha value is -3.85. The molecule has 0 aromatic heterocycles. The summed E-state index contributed by atoms with van der Waals surface area (Å²) >= 11 is 0. The lowest BCUT2D eigenvalue weighted by Crippen LogP contribution is -2.53. The number of anilines is 1. The van der Waals surface area contributed by atoms with E-state index in [4.69, 9.17) is 4.74 Å². The molecule has 0 saturated heterocycles. The summed E-state index contributed by atoms with van der Waals surface area (Å²) in [6.45, 7) is 6.20. The van der Waals surface area contributed by atoms with E-state index in [1.165, 1.54) is 17.0 Å². The molecule has 3 rings (SSSR count). The van der Waals surface area contributed by atoms with E-state index in [-0.39, 0.29) is 23.0 Å². The Labute approximate surface area is 238 Å². The van der Waals surface area contributed by atoms with Gasteiger partial charge in [0.15, 0.2) is 0 Å². The number of rotatable bonds is 15. The van der Waals surface area contributed by atoms with Crippen molar-refractivity contribution in [3.8, 4) is 5.75 Å². The van der Waals surface area contributed by atoms with Gasteiger partial charge in [0.25, 0.3) is 10.0 Å². The number of nitrogens with zero attached hydrogens (tertiary/aromatic N) is 2. The minimum Gasteiger partial charge on any atom is -0.492 e. The van der Waals surface area contributed by atoms with Gasteiger partial charge >= 0.3 is 0 Å². The van der Waals surface area contributed by atoms with Crippen molar-refractivity contribution in [3.05, 3.63) is 90.5 Å². The zero-order valence-corrected chi connectivity index (χ0v) is 24.3. The minimum atomic E-state index is -4.15. The van der Waals surface area contributed by atoms with Crippen molar-refractivity contribution < 1.29 is 22.7 Å². The van der Waals surface area contributed by atoms with Gasteiger partial charge in [-0.3, -0.25) is 13.9 Å². The lowest BCUT2D eigenvalue weighted by molar-refractivity contribution is -0.139. The van der Waals surface area contributed by atoms with Crippen molar-refractivity contribution in [1.29, 1.82) is 0 Å². The Bertz CT molecular complexity index is 1330. The number of carbonyl (C=O) groups excluding carboxylic acids is 2. The van der Waals surface area contributed by atoms with Gasteiger partial charge in [-0.2, -0.15) is 0 Å². The smallest absolute Gasteiger partial charge is 0.264 e. The minimum absolute atomic E-state index is 0.0534. The third kappa shape index (κ3) is 7.85. The van der Waals surface area contributed by atoms with Crippen LogP contribution in [0.25, 0.3) is 0 Å². The van der Waals surface area contributed by atoms with E-state index in [9.17, 15) is 18.0 Å². The maximum Gasteiger partial charge on any atom is 0.264 e. The van der Waals surface area contributed by atoms with Gasteiger partial charge in [0.2, 0.25) is 11.8 Å². The number of para-hydroxylation sites is 2.